The lowest BCUT2D eigenvalue weighted by atomic mass is 9.95. The lowest BCUT2D eigenvalue weighted by Gasteiger charge is -2.27. The van der Waals surface area contributed by atoms with E-state index in [-0.39, 0.29) is 24.2 Å². The van der Waals surface area contributed by atoms with Crippen molar-refractivity contribution in [2.45, 2.75) is 25.7 Å². The van der Waals surface area contributed by atoms with Gasteiger partial charge in [-0.3, -0.25) is 9.59 Å². The number of ether oxygens (including phenoxy) is 2. The predicted octanol–water partition coefficient (Wildman–Crippen LogP) is 3.26. The highest BCUT2D eigenvalue weighted by Crippen LogP contribution is 2.39. The molecule has 0 bridgehead atoms. The molecule has 4 rings (SSSR count). The molecule has 1 aromatic heterocycles. The second kappa shape index (κ2) is 8.92. The number of aryl methyl sites for hydroxylation is 1. The summed E-state index contributed by atoms with van der Waals surface area (Å²) in [5.41, 5.74) is 1.70. The van der Waals surface area contributed by atoms with Gasteiger partial charge in [0, 0.05) is 18.0 Å². The third kappa shape index (κ3) is 4.59. The van der Waals surface area contributed by atoms with Crippen LogP contribution in [0.15, 0.2) is 24.3 Å². The molecule has 0 spiro atoms. The number of thiophene rings is 1. The van der Waals surface area contributed by atoms with Crippen LogP contribution >= 0.6 is 11.3 Å². The zero-order valence-corrected chi connectivity index (χ0v) is 16.9. The van der Waals surface area contributed by atoms with Crippen molar-refractivity contribution in [3.8, 4) is 5.75 Å². The molecule has 0 unspecified atom stereocenters. The number of benzene rings is 1. The number of anilines is 1. The number of amides is 2. The van der Waals surface area contributed by atoms with Crippen molar-refractivity contribution in [3.63, 3.8) is 0 Å². The third-order valence-electron chi connectivity index (χ3n) is 5.12. The normalized spacial score (nSPS) is 16.2. The predicted molar refractivity (Wildman–Crippen MR) is 108 cm³/mol. The first-order valence-electron chi connectivity index (χ1n) is 9.81. The van der Waals surface area contributed by atoms with E-state index in [0.29, 0.717) is 42.6 Å². The highest BCUT2D eigenvalue weighted by Gasteiger charge is 2.30. The van der Waals surface area contributed by atoms with Gasteiger partial charge >= 0.3 is 0 Å². The van der Waals surface area contributed by atoms with Gasteiger partial charge in [-0.05, 0) is 55.5 Å². The molecule has 8 heteroatoms. The number of morpholine rings is 1. The minimum atomic E-state index is -0.364. The molecule has 1 N–H and O–H groups in total. The second-order valence-electron chi connectivity index (χ2n) is 7.11. The lowest BCUT2D eigenvalue weighted by Crippen LogP contribution is -2.41. The summed E-state index contributed by atoms with van der Waals surface area (Å²) in [6, 6.07) is 5.50. The van der Waals surface area contributed by atoms with E-state index in [0.717, 1.165) is 31.2 Å². The van der Waals surface area contributed by atoms with Crippen LogP contribution in [-0.2, 0) is 22.4 Å². The number of hydrogen-bond acceptors (Lipinski definition) is 5. The van der Waals surface area contributed by atoms with Gasteiger partial charge in [0.1, 0.15) is 16.6 Å². The van der Waals surface area contributed by atoms with E-state index < -0.39 is 0 Å². The number of nitrogens with zero attached hydrogens (tertiary/aromatic N) is 1. The standard InChI is InChI=1S/C21H23FN2O4S/c22-14-5-7-15(8-6-14)28-13-18(25)23-20-19(16-3-1-2-4-17(16)29-20)21(26)24-9-11-27-12-10-24/h5-8H,1-4,9-13H2,(H,23,25). The monoisotopic (exact) mass is 418 g/mol. The smallest absolute Gasteiger partial charge is 0.262 e. The van der Waals surface area contributed by atoms with Gasteiger partial charge < -0.3 is 19.7 Å². The summed E-state index contributed by atoms with van der Waals surface area (Å²) in [6.45, 7) is 1.98. The van der Waals surface area contributed by atoms with E-state index in [1.165, 1.54) is 40.5 Å². The number of fused-ring (bicyclic) bond motifs is 1. The molecule has 2 aliphatic rings. The van der Waals surface area contributed by atoms with Gasteiger partial charge in [-0.15, -0.1) is 11.3 Å². The number of rotatable bonds is 5. The zero-order valence-electron chi connectivity index (χ0n) is 16.0. The van der Waals surface area contributed by atoms with Crippen LogP contribution in [0.4, 0.5) is 9.39 Å². The first-order chi connectivity index (χ1) is 14.1. The molecule has 6 nitrogen and oxygen atoms in total. The van der Waals surface area contributed by atoms with Gasteiger partial charge in [0.25, 0.3) is 11.8 Å². The summed E-state index contributed by atoms with van der Waals surface area (Å²) < 4.78 is 23.8. The van der Waals surface area contributed by atoms with Crippen molar-refractivity contribution >= 4 is 28.2 Å². The van der Waals surface area contributed by atoms with E-state index in [4.69, 9.17) is 9.47 Å². The Labute approximate surface area is 172 Å². The Morgan fingerprint density at radius 3 is 2.62 bits per heavy atom. The van der Waals surface area contributed by atoms with Crippen molar-refractivity contribution in [1.29, 1.82) is 0 Å². The second-order valence-corrected chi connectivity index (χ2v) is 8.22. The quantitative estimate of drug-likeness (QED) is 0.809. The summed E-state index contributed by atoms with van der Waals surface area (Å²) in [6.07, 6.45) is 3.94. The highest BCUT2D eigenvalue weighted by atomic mass is 32.1. The molecule has 1 aliphatic carbocycles. The van der Waals surface area contributed by atoms with Gasteiger partial charge in [0.2, 0.25) is 0 Å². The fraction of sp³-hybridized carbons (Fsp3) is 0.429. The van der Waals surface area contributed by atoms with Crippen LogP contribution in [0.25, 0.3) is 0 Å². The highest BCUT2D eigenvalue weighted by molar-refractivity contribution is 7.17. The van der Waals surface area contributed by atoms with Gasteiger partial charge in [-0.1, -0.05) is 0 Å². The summed E-state index contributed by atoms with van der Waals surface area (Å²) >= 11 is 1.49. The molecule has 1 aromatic carbocycles. The molecule has 154 valence electrons. The average molecular weight is 418 g/mol. The molecule has 2 heterocycles. The van der Waals surface area contributed by atoms with E-state index in [9.17, 15) is 14.0 Å². The van der Waals surface area contributed by atoms with Gasteiger partial charge in [-0.2, -0.15) is 0 Å². The number of nitrogens with one attached hydrogen (secondary N) is 1. The van der Waals surface area contributed by atoms with Crippen LogP contribution in [-0.4, -0.2) is 49.6 Å². The number of halogens is 1. The minimum Gasteiger partial charge on any atom is -0.484 e. The Morgan fingerprint density at radius 2 is 1.86 bits per heavy atom. The largest absolute Gasteiger partial charge is 0.484 e. The van der Waals surface area contributed by atoms with E-state index in [2.05, 4.69) is 5.32 Å². The van der Waals surface area contributed by atoms with Gasteiger partial charge in [0.15, 0.2) is 6.61 Å². The molecule has 2 aromatic rings. The SMILES string of the molecule is O=C(COc1ccc(F)cc1)Nc1sc2c(c1C(=O)N1CCOCC1)CCCC2. The Bertz CT molecular complexity index is 891. The minimum absolute atomic E-state index is 0.0394. The molecule has 29 heavy (non-hydrogen) atoms. The van der Waals surface area contributed by atoms with E-state index in [1.54, 1.807) is 4.90 Å². The summed E-state index contributed by atoms with van der Waals surface area (Å²) in [5.74, 6) is -0.333. The molecule has 2 amide bonds. The van der Waals surface area contributed by atoms with Crippen LogP contribution in [0.5, 0.6) is 5.75 Å². The average Bonchev–Trinajstić information content (AvgIpc) is 3.11. The van der Waals surface area contributed by atoms with Crippen LogP contribution < -0.4 is 10.1 Å². The summed E-state index contributed by atoms with van der Waals surface area (Å²) in [5, 5.41) is 3.47. The Kier molecular flexibility index (Phi) is 6.10. The molecule has 1 aliphatic heterocycles. The number of carbonyl (C=O) groups excluding carboxylic acids is 2. The van der Waals surface area contributed by atoms with Crippen LogP contribution in [0, 0.1) is 5.82 Å². The molecule has 0 saturated carbocycles. The molecular weight excluding hydrogens is 395 g/mol. The third-order valence-corrected chi connectivity index (χ3v) is 6.33. The number of carbonyl (C=O) groups is 2. The lowest BCUT2D eigenvalue weighted by molar-refractivity contribution is -0.118. The Balaban J connectivity index is 1.49. The fourth-order valence-corrected chi connectivity index (χ4v) is 4.94. The van der Waals surface area contributed by atoms with Crippen LogP contribution in [0.2, 0.25) is 0 Å². The molecule has 0 atom stereocenters. The van der Waals surface area contributed by atoms with Crippen molar-refractivity contribution in [2.75, 3.05) is 38.2 Å². The van der Waals surface area contributed by atoms with E-state index in [1.807, 2.05) is 0 Å². The van der Waals surface area contributed by atoms with Crippen LogP contribution in [0.3, 0.4) is 0 Å². The summed E-state index contributed by atoms with van der Waals surface area (Å²) in [7, 11) is 0. The molecule has 1 fully saturated rings. The van der Waals surface area contributed by atoms with Crippen molar-refractivity contribution in [1.82, 2.24) is 4.90 Å². The van der Waals surface area contributed by atoms with Crippen LogP contribution in [0.1, 0.15) is 33.6 Å². The Hall–Kier alpha value is -2.45. The number of hydrogen-bond donors (Lipinski definition) is 1. The molecule has 0 radical (unpaired) electrons. The van der Waals surface area contributed by atoms with Crippen molar-refractivity contribution in [2.24, 2.45) is 0 Å². The Morgan fingerprint density at radius 1 is 1.14 bits per heavy atom. The van der Waals surface area contributed by atoms with Crippen molar-refractivity contribution in [3.05, 3.63) is 46.1 Å². The van der Waals surface area contributed by atoms with Crippen molar-refractivity contribution < 1.29 is 23.5 Å². The van der Waals surface area contributed by atoms with Gasteiger partial charge in [-0.25, -0.2) is 4.39 Å². The zero-order chi connectivity index (χ0) is 20.2. The maximum atomic E-state index is 13.2. The summed E-state index contributed by atoms with van der Waals surface area (Å²) in [4.78, 5) is 28.7. The fourth-order valence-electron chi connectivity index (χ4n) is 3.65. The maximum Gasteiger partial charge on any atom is 0.262 e. The first kappa shape index (κ1) is 19.8. The molecule has 1 saturated heterocycles. The topological polar surface area (TPSA) is 67.9 Å². The molecular formula is C21H23FN2O4S. The van der Waals surface area contributed by atoms with Gasteiger partial charge in [0.05, 0.1) is 18.8 Å². The first-order valence-corrected chi connectivity index (χ1v) is 10.6. The van der Waals surface area contributed by atoms with E-state index >= 15 is 0 Å². The maximum absolute atomic E-state index is 13.2.